The summed E-state index contributed by atoms with van der Waals surface area (Å²) in [4.78, 5) is 23.3. The van der Waals surface area contributed by atoms with E-state index in [4.69, 9.17) is 0 Å². The number of hydrazone groups is 1. The SMILES string of the molecule is CC(C)(C)NC(=O)C(=O)N/N=C\c1cccc2ccccc12. The van der Waals surface area contributed by atoms with E-state index >= 15 is 0 Å². The Morgan fingerprint density at radius 2 is 1.68 bits per heavy atom. The summed E-state index contributed by atoms with van der Waals surface area (Å²) in [5.74, 6) is -1.49. The molecule has 114 valence electrons. The van der Waals surface area contributed by atoms with Crippen molar-refractivity contribution in [1.82, 2.24) is 10.7 Å². The van der Waals surface area contributed by atoms with Gasteiger partial charge in [0.15, 0.2) is 0 Å². The van der Waals surface area contributed by atoms with Gasteiger partial charge in [0.05, 0.1) is 6.21 Å². The van der Waals surface area contributed by atoms with E-state index in [1.54, 1.807) is 20.8 Å². The van der Waals surface area contributed by atoms with Crippen LogP contribution in [0.25, 0.3) is 10.8 Å². The molecule has 0 aliphatic carbocycles. The van der Waals surface area contributed by atoms with Crippen LogP contribution in [0, 0.1) is 0 Å². The minimum Gasteiger partial charge on any atom is -0.343 e. The summed E-state index contributed by atoms with van der Waals surface area (Å²) in [6.07, 6.45) is 1.53. The molecule has 2 amide bonds. The van der Waals surface area contributed by atoms with Crippen molar-refractivity contribution in [2.75, 3.05) is 0 Å². The second kappa shape index (κ2) is 6.39. The van der Waals surface area contributed by atoms with Gasteiger partial charge in [-0.3, -0.25) is 9.59 Å². The summed E-state index contributed by atoms with van der Waals surface area (Å²) in [7, 11) is 0. The Balaban J connectivity index is 2.06. The molecule has 0 aromatic heterocycles. The summed E-state index contributed by atoms with van der Waals surface area (Å²) in [6.45, 7) is 5.41. The Labute approximate surface area is 129 Å². The van der Waals surface area contributed by atoms with Crippen molar-refractivity contribution in [3.63, 3.8) is 0 Å². The first-order valence-electron chi connectivity index (χ1n) is 7.00. The zero-order chi connectivity index (χ0) is 16.2. The lowest BCUT2D eigenvalue weighted by atomic mass is 10.1. The maximum absolute atomic E-state index is 11.6. The third kappa shape index (κ3) is 4.15. The highest BCUT2D eigenvalue weighted by Gasteiger charge is 2.19. The zero-order valence-electron chi connectivity index (χ0n) is 12.9. The molecule has 0 spiro atoms. The molecule has 5 nitrogen and oxygen atoms in total. The Morgan fingerprint density at radius 3 is 2.41 bits per heavy atom. The number of carbonyl (C=O) groups is 2. The van der Waals surface area contributed by atoms with Gasteiger partial charge in [0.25, 0.3) is 0 Å². The van der Waals surface area contributed by atoms with Gasteiger partial charge in [0.1, 0.15) is 0 Å². The van der Waals surface area contributed by atoms with Gasteiger partial charge < -0.3 is 5.32 Å². The summed E-state index contributed by atoms with van der Waals surface area (Å²) < 4.78 is 0. The molecule has 2 rings (SSSR count). The molecule has 0 saturated carbocycles. The van der Waals surface area contributed by atoms with E-state index in [9.17, 15) is 9.59 Å². The lowest BCUT2D eigenvalue weighted by Crippen LogP contribution is -2.47. The van der Waals surface area contributed by atoms with Gasteiger partial charge in [-0.2, -0.15) is 5.10 Å². The molecule has 0 aliphatic heterocycles. The van der Waals surface area contributed by atoms with Gasteiger partial charge in [-0.25, -0.2) is 5.43 Å². The van der Waals surface area contributed by atoms with Crippen molar-refractivity contribution in [2.45, 2.75) is 26.3 Å². The molecule has 0 fully saturated rings. The van der Waals surface area contributed by atoms with Crippen LogP contribution in [0.5, 0.6) is 0 Å². The molecule has 2 aromatic carbocycles. The lowest BCUT2D eigenvalue weighted by molar-refractivity contribution is -0.140. The summed E-state index contributed by atoms with van der Waals surface area (Å²) in [5.41, 5.74) is 2.64. The van der Waals surface area contributed by atoms with Crippen LogP contribution >= 0.6 is 0 Å². The van der Waals surface area contributed by atoms with Gasteiger partial charge in [-0.1, -0.05) is 42.5 Å². The molecule has 0 atom stereocenters. The third-order valence-electron chi connectivity index (χ3n) is 2.89. The van der Waals surface area contributed by atoms with Crippen molar-refractivity contribution in [3.05, 3.63) is 48.0 Å². The first kappa shape index (κ1) is 15.7. The maximum atomic E-state index is 11.6. The van der Waals surface area contributed by atoms with Crippen LogP contribution in [0.2, 0.25) is 0 Å². The summed E-state index contributed by atoms with van der Waals surface area (Å²) in [5, 5.41) is 8.55. The Hall–Kier alpha value is -2.69. The van der Waals surface area contributed by atoms with Crippen LogP contribution in [-0.4, -0.2) is 23.6 Å². The van der Waals surface area contributed by atoms with Crippen molar-refractivity contribution >= 4 is 28.8 Å². The van der Waals surface area contributed by atoms with Crippen LogP contribution in [0.3, 0.4) is 0 Å². The molecule has 0 heterocycles. The lowest BCUT2D eigenvalue weighted by Gasteiger charge is -2.19. The average Bonchev–Trinajstić information content (AvgIpc) is 2.45. The molecule has 2 aromatic rings. The normalized spacial score (nSPS) is 11.6. The van der Waals surface area contributed by atoms with Crippen molar-refractivity contribution in [1.29, 1.82) is 0 Å². The van der Waals surface area contributed by atoms with E-state index in [0.29, 0.717) is 0 Å². The Kier molecular flexibility index (Phi) is 4.56. The zero-order valence-corrected chi connectivity index (χ0v) is 12.9. The fourth-order valence-electron chi connectivity index (χ4n) is 1.97. The number of rotatable bonds is 2. The number of hydrogen-bond acceptors (Lipinski definition) is 3. The first-order chi connectivity index (χ1) is 10.4. The predicted molar refractivity (Wildman–Crippen MR) is 87.6 cm³/mol. The van der Waals surface area contributed by atoms with Crippen molar-refractivity contribution in [2.24, 2.45) is 5.10 Å². The van der Waals surface area contributed by atoms with E-state index in [-0.39, 0.29) is 0 Å². The second-order valence-corrected chi connectivity index (χ2v) is 5.97. The highest BCUT2D eigenvalue weighted by Crippen LogP contribution is 2.16. The number of nitrogens with zero attached hydrogens (tertiary/aromatic N) is 1. The van der Waals surface area contributed by atoms with E-state index in [0.717, 1.165) is 16.3 Å². The van der Waals surface area contributed by atoms with Gasteiger partial charge >= 0.3 is 11.8 Å². The molecule has 0 bridgehead atoms. The summed E-state index contributed by atoms with van der Waals surface area (Å²) in [6, 6.07) is 13.7. The fraction of sp³-hybridized carbons (Fsp3) is 0.235. The Morgan fingerprint density at radius 1 is 1.00 bits per heavy atom. The largest absolute Gasteiger partial charge is 0.343 e. The highest BCUT2D eigenvalue weighted by molar-refractivity contribution is 6.35. The topological polar surface area (TPSA) is 70.6 Å². The minimum atomic E-state index is -0.786. The summed E-state index contributed by atoms with van der Waals surface area (Å²) >= 11 is 0. The minimum absolute atomic E-state index is 0.465. The maximum Gasteiger partial charge on any atom is 0.329 e. The van der Waals surface area contributed by atoms with Gasteiger partial charge in [-0.15, -0.1) is 0 Å². The standard InChI is InChI=1S/C17H19N3O2/c1-17(2,3)19-15(21)16(22)20-18-11-13-9-6-8-12-7-4-5-10-14(12)13/h4-11H,1-3H3,(H,19,21)(H,20,22)/b18-11-. The molecule has 0 unspecified atom stereocenters. The quantitative estimate of drug-likeness (QED) is 0.507. The number of fused-ring (bicyclic) bond motifs is 1. The monoisotopic (exact) mass is 297 g/mol. The highest BCUT2D eigenvalue weighted by atomic mass is 16.2. The van der Waals surface area contributed by atoms with E-state index in [1.807, 2.05) is 42.5 Å². The number of amides is 2. The molecule has 0 radical (unpaired) electrons. The number of benzene rings is 2. The van der Waals surface area contributed by atoms with Crippen LogP contribution < -0.4 is 10.7 Å². The smallest absolute Gasteiger partial charge is 0.329 e. The molecular weight excluding hydrogens is 278 g/mol. The van der Waals surface area contributed by atoms with Crippen molar-refractivity contribution in [3.8, 4) is 0 Å². The molecule has 22 heavy (non-hydrogen) atoms. The second-order valence-electron chi connectivity index (χ2n) is 5.97. The number of hydrogen-bond donors (Lipinski definition) is 2. The van der Waals surface area contributed by atoms with Gasteiger partial charge in [0, 0.05) is 11.1 Å². The molecular formula is C17H19N3O2. The third-order valence-corrected chi connectivity index (χ3v) is 2.89. The van der Waals surface area contributed by atoms with E-state index < -0.39 is 17.4 Å². The van der Waals surface area contributed by atoms with Gasteiger partial charge in [-0.05, 0) is 31.5 Å². The van der Waals surface area contributed by atoms with Crippen LogP contribution in [-0.2, 0) is 9.59 Å². The molecule has 0 saturated heterocycles. The van der Waals surface area contributed by atoms with Gasteiger partial charge in [0.2, 0.25) is 0 Å². The van der Waals surface area contributed by atoms with Crippen LogP contribution in [0.4, 0.5) is 0 Å². The number of nitrogens with one attached hydrogen (secondary N) is 2. The fourth-order valence-corrected chi connectivity index (χ4v) is 1.97. The number of carbonyl (C=O) groups excluding carboxylic acids is 2. The van der Waals surface area contributed by atoms with E-state index in [2.05, 4.69) is 15.8 Å². The molecule has 5 heteroatoms. The van der Waals surface area contributed by atoms with Crippen molar-refractivity contribution < 1.29 is 9.59 Å². The first-order valence-corrected chi connectivity index (χ1v) is 7.00. The van der Waals surface area contributed by atoms with Crippen LogP contribution in [0.1, 0.15) is 26.3 Å². The molecule has 0 aliphatic rings. The van der Waals surface area contributed by atoms with Crippen LogP contribution in [0.15, 0.2) is 47.6 Å². The molecule has 2 N–H and O–H groups in total. The average molecular weight is 297 g/mol. The van der Waals surface area contributed by atoms with E-state index in [1.165, 1.54) is 6.21 Å². The Bertz CT molecular complexity index is 725. The predicted octanol–water partition coefficient (Wildman–Crippen LogP) is 2.20.